The van der Waals surface area contributed by atoms with Crippen LogP contribution >= 0.6 is 11.3 Å². The Kier molecular flexibility index (Phi) is 4.80. The first kappa shape index (κ1) is 17.3. The Morgan fingerprint density at radius 3 is 2.65 bits per heavy atom. The number of amides is 2. The standard InChI is InChI=1S/C19H24N4O2S/c1-12-11-16(22-18(24)13-7-8-13)26-17(12)19(25)21-15-9-10-20-23(15)14-5-3-2-4-6-14/h9-11,13-14H,2-8H2,1H3,(H,21,25)(H,22,24). The molecule has 6 nitrogen and oxygen atoms in total. The highest BCUT2D eigenvalue weighted by molar-refractivity contribution is 7.18. The third-order valence-corrected chi connectivity index (χ3v) is 6.30. The van der Waals surface area contributed by atoms with Crippen LogP contribution in [-0.4, -0.2) is 21.6 Å². The summed E-state index contributed by atoms with van der Waals surface area (Å²) in [4.78, 5) is 25.3. The van der Waals surface area contributed by atoms with Crippen LogP contribution in [0.3, 0.4) is 0 Å². The van der Waals surface area contributed by atoms with E-state index in [4.69, 9.17) is 0 Å². The van der Waals surface area contributed by atoms with Crippen molar-refractivity contribution in [2.75, 3.05) is 10.6 Å². The monoisotopic (exact) mass is 372 g/mol. The van der Waals surface area contributed by atoms with E-state index in [1.165, 1.54) is 30.6 Å². The summed E-state index contributed by atoms with van der Waals surface area (Å²) in [5.41, 5.74) is 0.877. The van der Waals surface area contributed by atoms with Crippen molar-refractivity contribution >= 4 is 34.0 Å². The van der Waals surface area contributed by atoms with Gasteiger partial charge in [0, 0.05) is 12.0 Å². The first-order chi connectivity index (χ1) is 12.6. The number of hydrogen-bond donors (Lipinski definition) is 2. The third-order valence-electron chi connectivity index (χ3n) is 5.15. The number of carbonyl (C=O) groups is 2. The Hall–Kier alpha value is -2.15. The van der Waals surface area contributed by atoms with Crippen molar-refractivity contribution in [2.24, 2.45) is 5.92 Å². The first-order valence-corrected chi connectivity index (χ1v) is 10.2. The average molecular weight is 372 g/mol. The molecule has 0 atom stereocenters. The Labute approximate surface area is 157 Å². The Morgan fingerprint density at radius 1 is 1.15 bits per heavy atom. The van der Waals surface area contributed by atoms with E-state index < -0.39 is 0 Å². The summed E-state index contributed by atoms with van der Waals surface area (Å²) < 4.78 is 1.95. The molecule has 2 aromatic rings. The van der Waals surface area contributed by atoms with Gasteiger partial charge in [0.25, 0.3) is 5.91 Å². The van der Waals surface area contributed by atoms with Crippen LogP contribution in [0.4, 0.5) is 10.8 Å². The molecule has 26 heavy (non-hydrogen) atoms. The second kappa shape index (κ2) is 7.23. The van der Waals surface area contributed by atoms with E-state index in [0.717, 1.165) is 42.1 Å². The highest BCUT2D eigenvalue weighted by atomic mass is 32.1. The molecule has 0 radical (unpaired) electrons. The van der Waals surface area contributed by atoms with E-state index in [0.29, 0.717) is 10.9 Å². The Morgan fingerprint density at radius 2 is 1.92 bits per heavy atom. The molecule has 0 bridgehead atoms. The van der Waals surface area contributed by atoms with Crippen molar-refractivity contribution in [3.8, 4) is 0 Å². The van der Waals surface area contributed by atoms with Crippen molar-refractivity contribution in [2.45, 2.75) is 57.9 Å². The highest BCUT2D eigenvalue weighted by Gasteiger charge is 2.30. The lowest BCUT2D eigenvalue weighted by Crippen LogP contribution is -2.20. The quantitative estimate of drug-likeness (QED) is 0.819. The number of aryl methyl sites for hydroxylation is 1. The fourth-order valence-electron chi connectivity index (χ4n) is 3.54. The number of nitrogens with one attached hydrogen (secondary N) is 2. The van der Waals surface area contributed by atoms with Crippen LogP contribution in [0, 0.1) is 12.8 Å². The van der Waals surface area contributed by atoms with Crippen LogP contribution in [0.25, 0.3) is 0 Å². The maximum Gasteiger partial charge on any atom is 0.267 e. The zero-order chi connectivity index (χ0) is 18.1. The summed E-state index contributed by atoms with van der Waals surface area (Å²) in [6.07, 6.45) is 9.61. The minimum Gasteiger partial charge on any atom is -0.317 e. The Balaban J connectivity index is 1.46. The molecule has 2 aromatic heterocycles. The van der Waals surface area contributed by atoms with E-state index >= 15 is 0 Å². The number of thiophene rings is 1. The average Bonchev–Trinajstić information content (AvgIpc) is 3.29. The van der Waals surface area contributed by atoms with Gasteiger partial charge in [0.15, 0.2) is 0 Å². The number of hydrogen-bond acceptors (Lipinski definition) is 4. The molecule has 7 heteroatoms. The van der Waals surface area contributed by atoms with Crippen LogP contribution in [-0.2, 0) is 4.79 Å². The second-order valence-electron chi connectivity index (χ2n) is 7.29. The fraction of sp³-hybridized carbons (Fsp3) is 0.526. The van der Waals surface area contributed by atoms with E-state index in [1.807, 2.05) is 23.7 Å². The lowest BCUT2D eigenvalue weighted by Gasteiger charge is -2.23. The van der Waals surface area contributed by atoms with Crippen molar-refractivity contribution < 1.29 is 9.59 Å². The van der Waals surface area contributed by atoms with Gasteiger partial charge < -0.3 is 10.6 Å². The number of carbonyl (C=O) groups excluding carboxylic acids is 2. The van der Waals surface area contributed by atoms with Gasteiger partial charge in [0.05, 0.1) is 22.1 Å². The third kappa shape index (κ3) is 3.67. The molecule has 2 aliphatic rings. The number of nitrogens with zero attached hydrogens (tertiary/aromatic N) is 2. The largest absolute Gasteiger partial charge is 0.317 e. The smallest absolute Gasteiger partial charge is 0.267 e. The van der Waals surface area contributed by atoms with Gasteiger partial charge in [-0.25, -0.2) is 4.68 Å². The van der Waals surface area contributed by atoms with Crippen LogP contribution in [0.5, 0.6) is 0 Å². The van der Waals surface area contributed by atoms with E-state index in [2.05, 4.69) is 15.7 Å². The molecule has 2 N–H and O–H groups in total. The molecule has 138 valence electrons. The van der Waals surface area contributed by atoms with E-state index in [-0.39, 0.29) is 17.7 Å². The number of aromatic nitrogens is 2. The van der Waals surface area contributed by atoms with Crippen molar-refractivity contribution in [1.82, 2.24) is 9.78 Å². The van der Waals surface area contributed by atoms with Gasteiger partial charge in [-0.05, 0) is 44.2 Å². The summed E-state index contributed by atoms with van der Waals surface area (Å²) >= 11 is 1.33. The Bertz CT molecular complexity index is 815. The minimum atomic E-state index is -0.142. The maximum atomic E-state index is 12.8. The molecule has 0 aliphatic heterocycles. The van der Waals surface area contributed by atoms with Gasteiger partial charge in [-0.1, -0.05) is 19.3 Å². The summed E-state index contributed by atoms with van der Waals surface area (Å²) in [5.74, 6) is 0.823. The van der Waals surface area contributed by atoms with Crippen LogP contribution in [0.2, 0.25) is 0 Å². The molecule has 2 heterocycles. The zero-order valence-corrected chi connectivity index (χ0v) is 15.8. The normalized spacial score (nSPS) is 17.9. The van der Waals surface area contributed by atoms with Gasteiger partial charge in [-0.2, -0.15) is 5.10 Å². The molecule has 0 aromatic carbocycles. The molecular weight excluding hydrogens is 348 g/mol. The summed E-state index contributed by atoms with van der Waals surface area (Å²) in [7, 11) is 0. The summed E-state index contributed by atoms with van der Waals surface area (Å²) in [6, 6.07) is 4.09. The topological polar surface area (TPSA) is 76.0 Å². The van der Waals surface area contributed by atoms with Crippen molar-refractivity contribution in [3.05, 3.63) is 28.8 Å². The van der Waals surface area contributed by atoms with Crippen LogP contribution in [0.15, 0.2) is 18.3 Å². The predicted molar refractivity (Wildman–Crippen MR) is 103 cm³/mol. The second-order valence-corrected chi connectivity index (χ2v) is 8.35. The predicted octanol–water partition coefficient (Wildman–Crippen LogP) is 4.36. The van der Waals surface area contributed by atoms with Gasteiger partial charge >= 0.3 is 0 Å². The minimum absolute atomic E-state index is 0.0635. The molecule has 0 unspecified atom stereocenters. The van der Waals surface area contributed by atoms with Crippen molar-refractivity contribution in [3.63, 3.8) is 0 Å². The van der Waals surface area contributed by atoms with Crippen LogP contribution in [0.1, 0.15) is 66.2 Å². The summed E-state index contributed by atoms with van der Waals surface area (Å²) in [6.45, 7) is 1.90. The number of anilines is 2. The number of rotatable bonds is 5. The van der Waals surface area contributed by atoms with Gasteiger partial charge in [0.1, 0.15) is 5.82 Å². The lowest BCUT2D eigenvalue weighted by molar-refractivity contribution is -0.117. The van der Waals surface area contributed by atoms with E-state index in [1.54, 1.807) is 6.20 Å². The lowest BCUT2D eigenvalue weighted by atomic mass is 9.96. The van der Waals surface area contributed by atoms with Crippen LogP contribution < -0.4 is 10.6 Å². The molecule has 2 saturated carbocycles. The van der Waals surface area contributed by atoms with E-state index in [9.17, 15) is 9.59 Å². The molecule has 2 aliphatic carbocycles. The van der Waals surface area contributed by atoms with Gasteiger partial charge in [0.2, 0.25) is 5.91 Å². The van der Waals surface area contributed by atoms with Gasteiger partial charge in [-0.3, -0.25) is 9.59 Å². The molecule has 2 fully saturated rings. The summed E-state index contributed by atoms with van der Waals surface area (Å²) in [5, 5.41) is 11.1. The zero-order valence-electron chi connectivity index (χ0n) is 15.0. The molecule has 2 amide bonds. The first-order valence-electron chi connectivity index (χ1n) is 9.38. The fourth-order valence-corrected chi connectivity index (χ4v) is 4.51. The molecular formula is C19H24N4O2S. The SMILES string of the molecule is Cc1cc(NC(=O)C2CC2)sc1C(=O)Nc1ccnn1C1CCCCC1. The van der Waals surface area contributed by atoms with Gasteiger partial charge in [-0.15, -0.1) is 11.3 Å². The molecule has 0 spiro atoms. The molecule has 4 rings (SSSR count). The maximum absolute atomic E-state index is 12.8. The highest BCUT2D eigenvalue weighted by Crippen LogP contribution is 2.34. The molecule has 0 saturated heterocycles. The van der Waals surface area contributed by atoms with Crippen molar-refractivity contribution in [1.29, 1.82) is 0 Å².